The Kier molecular flexibility index (Phi) is 2.19. The molecule has 0 aliphatic carbocycles. The van der Waals surface area contributed by atoms with Crippen LogP contribution < -0.4 is 4.90 Å². The molecule has 15 heavy (non-hydrogen) atoms. The Balaban J connectivity index is 2.39. The van der Waals surface area contributed by atoms with Crippen LogP contribution in [0.25, 0.3) is 0 Å². The van der Waals surface area contributed by atoms with Crippen molar-refractivity contribution < 1.29 is 9.59 Å². The van der Waals surface area contributed by atoms with Gasteiger partial charge in [-0.25, -0.2) is 9.69 Å². The van der Waals surface area contributed by atoms with E-state index in [4.69, 9.17) is 0 Å². The van der Waals surface area contributed by atoms with E-state index in [1.807, 2.05) is 25.1 Å². The third kappa shape index (κ3) is 1.58. The van der Waals surface area contributed by atoms with E-state index in [0.29, 0.717) is 5.69 Å². The third-order valence-corrected chi connectivity index (χ3v) is 2.40. The lowest BCUT2D eigenvalue weighted by molar-refractivity contribution is -0.116. The molecule has 0 saturated carbocycles. The predicted octanol–water partition coefficient (Wildman–Crippen LogP) is 1.39. The van der Waals surface area contributed by atoms with E-state index in [0.717, 1.165) is 5.56 Å². The second kappa shape index (κ2) is 3.38. The summed E-state index contributed by atoms with van der Waals surface area (Å²) in [5.74, 6) is -0.173. The molecule has 2 rings (SSSR count). The van der Waals surface area contributed by atoms with Gasteiger partial charge in [0.05, 0.1) is 5.69 Å². The summed E-state index contributed by atoms with van der Waals surface area (Å²) in [4.78, 5) is 25.9. The minimum absolute atomic E-state index is 0.159. The number of imide groups is 1. The number of benzene rings is 1. The molecule has 3 amide bonds. The molecule has 4 heteroatoms. The normalized spacial score (nSPS) is 16.4. The van der Waals surface area contributed by atoms with Crippen LogP contribution >= 0.6 is 0 Å². The van der Waals surface area contributed by atoms with Gasteiger partial charge in [-0.3, -0.25) is 4.79 Å². The standard InChI is InChI=1S/C11H12N2O2/c1-8-4-3-5-9(6-8)13-10(14)7-12(2)11(13)15/h3-6H,7H2,1-2H3. The Labute approximate surface area is 88.1 Å². The van der Waals surface area contributed by atoms with Crippen LogP contribution in [0.5, 0.6) is 0 Å². The number of hydrogen-bond acceptors (Lipinski definition) is 2. The summed E-state index contributed by atoms with van der Waals surface area (Å²) in [6.07, 6.45) is 0. The summed E-state index contributed by atoms with van der Waals surface area (Å²) >= 11 is 0. The van der Waals surface area contributed by atoms with Gasteiger partial charge in [0.25, 0.3) is 5.91 Å². The summed E-state index contributed by atoms with van der Waals surface area (Å²) in [5.41, 5.74) is 1.68. The molecule has 0 atom stereocenters. The highest BCUT2D eigenvalue weighted by molar-refractivity contribution is 6.19. The van der Waals surface area contributed by atoms with Gasteiger partial charge in [-0.15, -0.1) is 0 Å². The molecule has 4 nitrogen and oxygen atoms in total. The monoisotopic (exact) mass is 204 g/mol. The highest BCUT2D eigenvalue weighted by atomic mass is 16.2. The van der Waals surface area contributed by atoms with Crippen molar-refractivity contribution in [3.8, 4) is 0 Å². The van der Waals surface area contributed by atoms with E-state index in [2.05, 4.69) is 0 Å². The highest BCUT2D eigenvalue weighted by Gasteiger charge is 2.34. The van der Waals surface area contributed by atoms with E-state index in [-0.39, 0.29) is 18.5 Å². The third-order valence-electron chi connectivity index (χ3n) is 2.40. The second-order valence-corrected chi connectivity index (χ2v) is 3.71. The topological polar surface area (TPSA) is 40.6 Å². The fraction of sp³-hybridized carbons (Fsp3) is 0.273. The van der Waals surface area contributed by atoms with Crippen molar-refractivity contribution in [1.29, 1.82) is 0 Å². The molecule has 0 bridgehead atoms. The van der Waals surface area contributed by atoms with Gasteiger partial charge in [0.2, 0.25) is 0 Å². The fourth-order valence-electron chi connectivity index (χ4n) is 1.64. The Morgan fingerprint density at radius 1 is 1.27 bits per heavy atom. The molecule has 0 N–H and O–H groups in total. The van der Waals surface area contributed by atoms with Crippen molar-refractivity contribution in [3.63, 3.8) is 0 Å². The summed E-state index contributed by atoms with van der Waals surface area (Å²) in [5, 5.41) is 0. The lowest BCUT2D eigenvalue weighted by atomic mass is 10.2. The smallest absolute Gasteiger partial charge is 0.318 e. The first-order chi connectivity index (χ1) is 7.09. The maximum absolute atomic E-state index is 11.7. The zero-order chi connectivity index (χ0) is 11.0. The fourth-order valence-corrected chi connectivity index (χ4v) is 1.64. The molecule has 1 saturated heterocycles. The van der Waals surface area contributed by atoms with E-state index >= 15 is 0 Å². The van der Waals surface area contributed by atoms with Gasteiger partial charge < -0.3 is 4.90 Å². The van der Waals surface area contributed by atoms with Gasteiger partial charge in [0.15, 0.2) is 0 Å². The Hall–Kier alpha value is -1.84. The second-order valence-electron chi connectivity index (χ2n) is 3.71. The Morgan fingerprint density at radius 3 is 2.53 bits per heavy atom. The van der Waals surface area contributed by atoms with Crippen LogP contribution in [0, 0.1) is 6.92 Å². The molecule has 1 fully saturated rings. The molecule has 1 aliphatic rings. The van der Waals surface area contributed by atoms with Crippen LogP contribution in [0.4, 0.5) is 10.5 Å². The van der Waals surface area contributed by atoms with Crippen molar-refractivity contribution in [3.05, 3.63) is 29.8 Å². The summed E-state index contributed by atoms with van der Waals surface area (Å²) in [6.45, 7) is 2.09. The number of anilines is 1. The summed E-state index contributed by atoms with van der Waals surface area (Å²) < 4.78 is 0. The van der Waals surface area contributed by atoms with Crippen LogP contribution in [-0.2, 0) is 4.79 Å². The molecule has 0 spiro atoms. The van der Waals surface area contributed by atoms with Crippen LogP contribution in [0.2, 0.25) is 0 Å². The number of urea groups is 1. The number of aryl methyl sites for hydroxylation is 1. The lowest BCUT2D eigenvalue weighted by Crippen LogP contribution is -2.31. The molecule has 1 aromatic carbocycles. The molecule has 1 aromatic rings. The van der Waals surface area contributed by atoms with E-state index in [9.17, 15) is 9.59 Å². The largest absolute Gasteiger partial charge is 0.331 e. The zero-order valence-corrected chi connectivity index (χ0v) is 8.73. The van der Waals surface area contributed by atoms with Gasteiger partial charge in [-0.05, 0) is 24.6 Å². The van der Waals surface area contributed by atoms with Crippen LogP contribution in [0.3, 0.4) is 0 Å². The number of carbonyl (C=O) groups is 2. The minimum atomic E-state index is -0.259. The predicted molar refractivity (Wildman–Crippen MR) is 56.7 cm³/mol. The SMILES string of the molecule is Cc1cccc(N2C(=O)CN(C)C2=O)c1. The number of amides is 3. The van der Waals surface area contributed by atoms with Gasteiger partial charge in [0, 0.05) is 7.05 Å². The minimum Gasteiger partial charge on any atom is -0.318 e. The number of nitrogens with zero attached hydrogens (tertiary/aromatic N) is 2. The molecule has 1 heterocycles. The van der Waals surface area contributed by atoms with Crippen molar-refractivity contribution in [2.45, 2.75) is 6.92 Å². The maximum atomic E-state index is 11.7. The van der Waals surface area contributed by atoms with E-state index in [1.165, 1.54) is 9.80 Å². The molecule has 0 unspecified atom stereocenters. The van der Waals surface area contributed by atoms with Crippen molar-refractivity contribution in [1.82, 2.24) is 4.90 Å². The number of likely N-dealkylation sites (N-methyl/N-ethyl adjacent to an activating group) is 1. The van der Waals surface area contributed by atoms with Crippen LogP contribution in [-0.4, -0.2) is 30.4 Å². The molecule has 0 radical (unpaired) electrons. The summed E-state index contributed by atoms with van der Waals surface area (Å²) in [7, 11) is 1.62. The van der Waals surface area contributed by atoms with Crippen molar-refractivity contribution in [2.24, 2.45) is 0 Å². The zero-order valence-electron chi connectivity index (χ0n) is 8.73. The first-order valence-electron chi connectivity index (χ1n) is 4.74. The molecule has 78 valence electrons. The molecule has 0 aromatic heterocycles. The highest BCUT2D eigenvalue weighted by Crippen LogP contribution is 2.21. The first-order valence-corrected chi connectivity index (χ1v) is 4.74. The first kappa shape index (κ1) is 9.71. The summed E-state index contributed by atoms with van der Waals surface area (Å²) in [6, 6.07) is 7.10. The maximum Gasteiger partial charge on any atom is 0.331 e. The molecular weight excluding hydrogens is 192 g/mol. The van der Waals surface area contributed by atoms with Gasteiger partial charge >= 0.3 is 6.03 Å². The number of hydrogen-bond donors (Lipinski definition) is 0. The van der Waals surface area contributed by atoms with Gasteiger partial charge in [-0.2, -0.15) is 0 Å². The van der Waals surface area contributed by atoms with E-state index in [1.54, 1.807) is 13.1 Å². The van der Waals surface area contributed by atoms with Crippen LogP contribution in [0.1, 0.15) is 5.56 Å². The number of carbonyl (C=O) groups excluding carboxylic acids is 2. The van der Waals surface area contributed by atoms with Crippen molar-refractivity contribution in [2.75, 3.05) is 18.5 Å². The average Bonchev–Trinajstić information content (AvgIpc) is 2.41. The Morgan fingerprint density at radius 2 is 2.00 bits per heavy atom. The number of rotatable bonds is 1. The van der Waals surface area contributed by atoms with Crippen molar-refractivity contribution >= 4 is 17.6 Å². The lowest BCUT2D eigenvalue weighted by Gasteiger charge is -2.14. The molecule has 1 aliphatic heterocycles. The molecular formula is C11H12N2O2. The Bertz CT molecular complexity index is 428. The van der Waals surface area contributed by atoms with Crippen LogP contribution in [0.15, 0.2) is 24.3 Å². The average molecular weight is 204 g/mol. The van der Waals surface area contributed by atoms with Gasteiger partial charge in [0.1, 0.15) is 6.54 Å². The van der Waals surface area contributed by atoms with E-state index < -0.39 is 0 Å². The van der Waals surface area contributed by atoms with Gasteiger partial charge in [-0.1, -0.05) is 12.1 Å². The quantitative estimate of drug-likeness (QED) is 0.649.